The van der Waals surface area contributed by atoms with Gasteiger partial charge in [-0.15, -0.1) is 0 Å². The number of hydrogen-bond acceptors (Lipinski definition) is 7. The first-order valence-electron chi connectivity index (χ1n) is 13.0. The summed E-state index contributed by atoms with van der Waals surface area (Å²) in [6, 6.07) is 4.77. The second kappa shape index (κ2) is 11.8. The number of benzene rings is 1. The molecule has 0 saturated carbocycles. The zero-order valence-electron chi connectivity index (χ0n) is 21.9. The molecule has 1 saturated heterocycles. The van der Waals surface area contributed by atoms with Crippen LogP contribution >= 0.6 is 0 Å². The van der Waals surface area contributed by atoms with Gasteiger partial charge in [0.15, 0.2) is 0 Å². The topological polar surface area (TPSA) is 121 Å². The number of aromatic amines is 1. The quantitative estimate of drug-likeness (QED) is 0.390. The summed E-state index contributed by atoms with van der Waals surface area (Å²) in [5.74, 6) is 0.767. The maximum absolute atomic E-state index is 13.6. The van der Waals surface area contributed by atoms with Gasteiger partial charge < -0.3 is 24.3 Å². The summed E-state index contributed by atoms with van der Waals surface area (Å²) in [5.41, 5.74) is 2.26. The van der Waals surface area contributed by atoms with Crippen molar-refractivity contribution in [2.24, 2.45) is 7.05 Å². The number of aromatic nitrogens is 3. The third-order valence-electron chi connectivity index (χ3n) is 6.69. The van der Waals surface area contributed by atoms with E-state index in [4.69, 9.17) is 14.8 Å². The summed E-state index contributed by atoms with van der Waals surface area (Å²) in [6.07, 6.45) is 5.07. The molecule has 0 aliphatic carbocycles. The lowest BCUT2D eigenvalue weighted by atomic mass is 10.1. The summed E-state index contributed by atoms with van der Waals surface area (Å²) in [6.45, 7) is 7.37. The number of sulfonamides is 1. The monoisotopic (exact) mass is 531 g/mol. The Morgan fingerprint density at radius 2 is 1.89 bits per heavy atom. The Morgan fingerprint density at radius 1 is 1.14 bits per heavy atom. The van der Waals surface area contributed by atoms with Crippen LogP contribution in [0.4, 0.5) is 0 Å². The van der Waals surface area contributed by atoms with Gasteiger partial charge in [0.1, 0.15) is 17.1 Å². The number of aliphatic hydroxyl groups is 1. The van der Waals surface area contributed by atoms with Gasteiger partial charge in [-0.3, -0.25) is 4.79 Å². The summed E-state index contributed by atoms with van der Waals surface area (Å²) < 4.78 is 36.4. The molecule has 2 aromatic heterocycles. The molecule has 3 aromatic rings. The van der Waals surface area contributed by atoms with E-state index in [1.165, 1.54) is 4.31 Å². The maximum Gasteiger partial charge on any atom is 0.275 e. The van der Waals surface area contributed by atoms with E-state index >= 15 is 0 Å². The van der Waals surface area contributed by atoms with E-state index in [0.29, 0.717) is 61.6 Å². The Balaban J connectivity index is 1.74. The summed E-state index contributed by atoms with van der Waals surface area (Å²) in [4.78, 5) is 23.0. The molecule has 1 aliphatic heterocycles. The minimum atomic E-state index is -3.76. The van der Waals surface area contributed by atoms with Crippen LogP contribution in [0.1, 0.15) is 38.7 Å². The first-order chi connectivity index (χ1) is 17.8. The highest BCUT2D eigenvalue weighted by Gasteiger charge is 2.29. The molecule has 2 N–H and O–H groups in total. The number of H-pyrrole nitrogens is 1. The van der Waals surface area contributed by atoms with Gasteiger partial charge >= 0.3 is 0 Å². The van der Waals surface area contributed by atoms with Gasteiger partial charge in [0.05, 0.1) is 22.6 Å². The first kappa shape index (κ1) is 27.3. The molecule has 0 radical (unpaired) electrons. The predicted molar refractivity (Wildman–Crippen MR) is 143 cm³/mol. The molecule has 10 nitrogen and oxygen atoms in total. The third-order valence-corrected chi connectivity index (χ3v) is 8.58. The minimum Gasteiger partial charge on any atom is -0.493 e. The van der Waals surface area contributed by atoms with Crippen molar-refractivity contribution in [3.8, 4) is 17.1 Å². The fourth-order valence-electron chi connectivity index (χ4n) is 4.79. The molecule has 0 bridgehead atoms. The predicted octanol–water partition coefficient (Wildman–Crippen LogP) is 2.36. The van der Waals surface area contributed by atoms with Crippen molar-refractivity contribution in [2.45, 2.75) is 44.4 Å². The molecule has 1 fully saturated rings. The third kappa shape index (κ3) is 5.74. The van der Waals surface area contributed by atoms with E-state index in [-0.39, 0.29) is 22.9 Å². The molecular formula is C26H37N5O5S. The highest BCUT2D eigenvalue weighted by atomic mass is 32.2. The molecule has 4 rings (SSSR count). The van der Waals surface area contributed by atoms with Crippen LogP contribution in [0.25, 0.3) is 22.4 Å². The summed E-state index contributed by atoms with van der Waals surface area (Å²) in [7, 11) is -1.94. The normalized spacial score (nSPS) is 15.5. The molecule has 0 atom stereocenters. The van der Waals surface area contributed by atoms with Crippen LogP contribution in [-0.2, 0) is 23.5 Å². The fraction of sp³-hybridized carbons (Fsp3) is 0.538. The molecule has 1 aliphatic rings. The Labute approximate surface area is 217 Å². The summed E-state index contributed by atoms with van der Waals surface area (Å²) in [5, 5.41) is 9.07. The highest BCUT2D eigenvalue weighted by molar-refractivity contribution is 7.89. The van der Waals surface area contributed by atoms with Crippen LogP contribution in [0.2, 0.25) is 0 Å². The molecular weight excluding hydrogens is 494 g/mol. The average molecular weight is 532 g/mol. The van der Waals surface area contributed by atoms with E-state index in [1.54, 1.807) is 22.8 Å². The van der Waals surface area contributed by atoms with Crippen LogP contribution in [-0.4, -0.2) is 83.2 Å². The van der Waals surface area contributed by atoms with Gasteiger partial charge in [-0.25, -0.2) is 13.4 Å². The molecule has 0 amide bonds. The lowest BCUT2D eigenvalue weighted by molar-refractivity contribution is 0.171. The van der Waals surface area contributed by atoms with Crippen LogP contribution in [0.5, 0.6) is 5.75 Å². The first-order valence-corrected chi connectivity index (χ1v) is 14.4. The van der Waals surface area contributed by atoms with E-state index in [2.05, 4.69) is 16.8 Å². The lowest BCUT2D eigenvalue weighted by Crippen LogP contribution is -2.48. The Morgan fingerprint density at radius 3 is 2.57 bits per heavy atom. The fourth-order valence-corrected chi connectivity index (χ4v) is 6.24. The number of nitrogens with zero attached hydrogens (tertiary/aromatic N) is 4. The second-order valence-corrected chi connectivity index (χ2v) is 11.4. The van der Waals surface area contributed by atoms with E-state index in [1.807, 2.05) is 20.2 Å². The van der Waals surface area contributed by atoms with Crippen molar-refractivity contribution in [3.05, 3.63) is 40.3 Å². The number of aryl methyl sites for hydroxylation is 2. The van der Waals surface area contributed by atoms with Gasteiger partial charge in [0.25, 0.3) is 5.56 Å². The number of piperazine rings is 1. The molecule has 3 heterocycles. The van der Waals surface area contributed by atoms with Crippen LogP contribution in [0.15, 0.2) is 34.1 Å². The lowest BCUT2D eigenvalue weighted by Gasteiger charge is -2.33. The number of rotatable bonds is 11. The number of hydrogen-bond donors (Lipinski definition) is 2. The number of ether oxygens (including phenoxy) is 1. The smallest absolute Gasteiger partial charge is 0.275 e. The van der Waals surface area contributed by atoms with Gasteiger partial charge in [0.2, 0.25) is 10.0 Å². The largest absolute Gasteiger partial charge is 0.493 e. The Kier molecular flexibility index (Phi) is 8.68. The van der Waals surface area contributed by atoms with Crippen LogP contribution in [0.3, 0.4) is 0 Å². The van der Waals surface area contributed by atoms with Gasteiger partial charge in [-0.2, -0.15) is 4.31 Å². The van der Waals surface area contributed by atoms with Crippen molar-refractivity contribution in [2.75, 3.05) is 45.9 Å². The number of fused-ring (bicyclic) bond motifs is 1. The standard InChI is InChI=1S/C26H37N5O5S/c1-4-7-19-18-29(3)24-23(19)27-25(28-26(24)33)21-17-20(8-9-22(21)36-16-5-2)37(34,35)31-13-11-30(12-14-31)10-6-15-32/h8-9,17-18,32H,4-7,10-16H2,1-3H3,(H,27,28,33). The SMILES string of the molecule is CCCOc1ccc(S(=O)(=O)N2CCN(CCCO)CC2)cc1-c1nc2c(CCC)cn(C)c2c(=O)[nH]1. The number of nitrogens with one attached hydrogen (secondary N) is 1. The second-order valence-electron chi connectivity index (χ2n) is 9.46. The van der Waals surface area contributed by atoms with Crippen molar-refractivity contribution < 1.29 is 18.3 Å². The van der Waals surface area contributed by atoms with E-state index in [9.17, 15) is 13.2 Å². The Hall–Kier alpha value is -2.73. The van der Waals surface area contributed by atoms with Gasteiger partial charge in [-0.05, 0) is 43.0 Å². The van der Waals surface area contributed by atoms with Crippen molar-refractivity contribution in [1.29, 1.82) is 0 Å². The summed E-state index contributed by atoms with van der Waals surface area (Å²) >= 11 is 0. The number of aliphatic hydroxyl groups excluding tert-OH is 1. The molecule has 1 aromatic carbocycles. The Bertz CT molecular complexity index is 1390. The molecule has 202 valence electrons. The van der Waals surface area contributed by atoms with Crippen LogP contribution in [0, 0.1) is 0 Å². The molecule has 11 heteroatoms. The van der Waals surface area contributed by atoms with E-state index < -0.39 is 10.0 Å². The average Bonchev–Trinajstić information content (AvgIpc) is 3.21. The van der Waals surface area contributed by atoms with Gasteiger partial charge in [0, 0.05) is 52.6 Å². The molecule has 37 heavy (non-hydrogen) atoms. The zero-order valence-corrected chi connectivity index (χ0v) is 22.7. The van der Waals surface area contributed by atoms with Crippen LogP contribution < -0.4 is 10.3 Å². The van der Waals surface area contributed by atoms with E-state index in [0.717, 1.165) is 31.4 Å². The van der Waals surface area contributed by atoms with Crippen molar-refractivity contribution in [1.82, 2.24) is 23.7 Å². The molecule has 0 unspecified atom stereocenters. The molecule has 0 spiro atoms. The van der Waals surface area contributed by atoms with Crippen molar-refractivity contribution in [3.63, 3.8) is 0 Å². The minimum absolute atomic E-state index is 0.124. The maximum atomic E-state index is 13.6. The zero-order chi connectivity index (χ0) is 26.6. The highest BCUT2D eigenvalue weighted by Crippen LogP contribution is 2.32. The van der Waals surface area contributed by atoms with Gasteiger partial charge in [-0.1, -0.05) is 20.3 Å². The van der Waals surface area contributed by atoms with Crippen molar-refractivity contribution >= 4 is 21.1 Å².